The molecule has 3 heterocycles. The van der Waals surface area contributed by atoms with Crippen LogP contribution < -0.4 is 0 Å². The summed E-state index contributed by atoms with van der Waals surface area (Å²) in [5, 5.41) is 3.84. The third kappa shape index (κ3) is 5.99. The number of rotatable bonds is 4. The normalized spacial score (nSPS) is 18.4. The number of benzene rings is 1. The Labute approximate surface area is 207 Å². The minimum Gasteiger partial charge on any atom is -0.444 e. The monoisotopic (exact) mass is 510 g/mol. The summed E-state index contributed by atoms with van der Waals surface area (Å²) >= 11 is 0. The Hall–Kier alpha value is -3.11. The first-order valence-electron chi connectivity index (χ1n) is 12.0. The number of fused-ring (bicyclic) bond motifs is 1. The Kier molecular flexibility index (Phi) is 7.03. The van der Waals surface area contributed by atoms with Crippen molar-refractivity contribution >= 4 is 12.0 Å². The summed E-state index contributed by atoms with van der Waals surface area (Å²) in [7, 11) is 0. The maximum atomic E-state index is 13.7. The number of alkyl halides is 3. The van der Waals surface area contributed by atoms with Crippen LogP contribution in [0.2, 0.25) is 0 Å². The number of likely N-dealkylation sites (tertiary alicyclic amines) is 1. The largest absolute Gasteiger partial charge is 0.444 e. The van der Waals surface area contributed by atoms with Gasteiger partial charge in [-0.25, -0.2) is 9.18 Å². The van der Waals surface area contributed by atoms with Gasteiger partial charge in [0.2, 0.25) is 5.91 Å². The van der Waals surface area contributed by atoms with Gasteiger partial charge in [-0.3, -0.25) is 9.48 Å². The minimum absolute atomic E-state index is 0.0148. The Morgan fingerprint density at radius 3 is 2.42 bits per heavy atom. The molecule has 1 aromatic carbocycles. The average molecular weight is 511 g/mol. The lowest BCUT2D eigenvalue weighted by molar-refractivity contribution is -0.142. The van der Waals surface area contributed by atoms with Gasteiger partial charge in [0, 0.05) is 31.6 Å². The Balaban J connectivity index is 1.45. The molecule has 1 atom stereocenters. The van der Waals surface area contributed by atoms with Crippen molar-refractivity contribution in [2.45, 2.75) is 64.9 Å². The van der Waals surface area contributed by atoms with Gasteiger partial charge in [0.1, 0.15) is 11.4 Å². The number of amides is 2. The molecule has 2 amide bonds. The molecule has 4 rings (SSSR count). The second kappa shape index (κ2) is 9.74. The van der Waals surface area contributed by atoms with Gasteiger partial charge in [-0.15, -0.1) is 0 Å². The van der Waals surface area contributed by atoms with Crippen molar-refractivity contribution < 1.29 is 31.9 Å². The van der Waals surface area contributed by atoms with Gasteiger partial charge < -0.3 is 14.5 Å². The summed E-state index contributed by atoms with van der Waals surface area (Å²) in [6.07, 6.45) is -4.12. The van der Waals surface area contributed by atoms with E-state index in [0.29, 0.717) is 30.8 Å². The predicted molar refractivity (Wildman–Crippen MR) is 122 cm³/mol. The highest BCUT2D eigenvalue weighted by Gasteiger charge is 2.41. The van der Waals surface area contributed by atoms with Gasteiger partial charge in [-0.05, 0) is 57.2 Å². The van der Waals surface area contributed by atoms with Crippen molar-refractivity contribution in [3.05, 3.63) is 52.6 Å². The van der Waals surface area contributed by atoms with Crippen molar-refractivity contribution in [3.8, 4) is 0 Å². The molecular weight excluding hydrogens is 480 g/mol. The molecule has 1 fully saturated rings. The Morgan fingerprint density at radius 2 is 1.78 bits per heavy atom. The van der Waals surface area contributed by atoms with Crippen LogP contribution in [0, 0.1) is 11.7 Å². The summed E-state index contributed by atoms with van der Waals surface area (Å²) in [6.45, 7) is 6.48. The average Bonchev–Trinajstić information content (AvgIpc) is 3.39. The van der Waals surface area contributed by atoms with Crippen molar-refractivity contribution in [1.29, 1.82) is 0 Å². The van der Waals surface area contributed by atoms with Crippen LogP contribution in [0.4, 0.5) is 22.4 Å². The zero-order valence-electron chi connectivity index (χ0n) is 20.6. The summed E-state index contributed by atoms with van der Waals surface area (Å²) in [4.78, 5) is 28.5. The van der Waals surface area contributed by atoms with Crippen LogP contribution >= 0.6 is 0 Å². The molecule has 0 bridgehead atoms. The summed E-state index contributed by atoms with van der Waals surface area (Å²) in [5.74, 6) is -0.646. The van der Waals surface area contributed by atoms with Crippen LogP contribution in [0.5, 0.6) is 0 Å². The van der Waals surface area contributed by atoms with Crippen LogP contribution in [-0.4, -0.2) is 56.8 Å². The van der Waals surface area contributed by atoms with Crippen LogP contribution in [0.25, 0.3) is 0 Å². The fourth-order valence-electron chi connectivity index (χ4n) is 4.68. The zero-order chi connectivity index (χ0) is 26.3. The first-order valence-corrected chi connectivity index (χ1v) is 12.0. The second-order valence-electron chi connectivity index (χ2n) is 10.4. The lowest BCUT2D eigenvalue weighted by Gasteiger charge is -2.29. The maximum absolute atomic E-state index is 13.7. The molecule has 0 N–H and O–H groups in total. The molecule has 1 unspecified atom stereocenters. The molecule has 0 saturated carbocycles. The minimum atomic E-state index is -4.61. The standard InChI is InChI=1S/C25H30F4N4O3/c1-24(2,3)36-23(35)32-10-8-17(13-32)12-21(34)31-11-9-19-20(15-31)33(30-22(19)25(27,28)29)14-16-4-6-18(26)7-5-16/h4-7,17H,8-15H2,1-3H3. The number of carbonyl (C=O) groups excluding carboxylic acids is 2. The first-order chi connectivity index (χ1) is 16.8. The van der Waals surface area contributed by atoms with Gasteiger partial charge >= 0.3 is 12.3 Å². The molecule has 0 radical (unpaired) electrons. The van der Waals surface area contributed by atoms with Gasteiger partial charge in [-0.2, -0.15) is 18.3 Å². The van der Waals surface area contributed by atoms with Crippen molar-refractivity contribution in [3.63, 3.8) is 0 Å². The van der Waals surface area contributed by atoms with E-state index >= 15 is 0 Å². The van der Waals surface area contributed by atoms with Crippen LogP contribution in [0.3, 0.4) is 0 Å². The highest BCUT2D eigenvalue weighted by atomic mass is 19.4. The molecule has 0 spiro atoms. The predicted octanol–water partition coefficient (Wildman–Crippen LogP) is 4.62. The van der Waals surface area contributed by atoms with Crippen LogP contribution in [0.15, 0.2) is 24.3 Å². The number of hydrogen-bond donors (Lipinski definition) is 0. The third-order valence-corrected chi connectivity index (χ3v) is 6.41. The molecule has 7 nitrogen and oxygen atoms in total. The molecule has 11 heteroatoms. The number of hydrogen-bond acceptors (Lipinski definition) is 4. The molecule has 1 saturated heterocycles. The van der Waals surface area contributed by atoms with Gasteiger partial charge in [0.25, 0.3) is 0 Å². The zero-order valence-corrected chi connectivity index (χ0v) is 20.6. The van der Waals surface area contributed by atoms with Crippen LogP contribution in [-0.2, 0) is 35.2 Å². The van der Waals surface area contributed by atoms with E-state index in [2.05, 4.69) is 5.10 Å². The van der Waals surface area contributed by atoms with Crippen molar-refractivity contribution in [2.75, 3.05) is 19.6 Å². The molecule has 2 aliphatic heterocycles. The van der Waals surface area contributed by atoms with Crippen molar-refractivity contribution in [2.24, 2.45) is 5.92 Å². The highest BCUT2D eigenvalue weighted by Crippen LogP contribution is 2.35. The summed E-state index contributed by atoms with van der Waals surface area (Å²) in [5.41, 5.74) is -0.496. The number of ether oxygens (including phenoxy) is 1. The van der Waals surface area contributed by atoms with Crippen molar-refractivity contribution in [1.82, 2.24) is 19.6 Å². The SMILES string of the molecule is CC(C)(C)OC(=O)N1CCC(CC(=O)N2CCc3c(C(F)(F)F)nn(Cc4ccc(F)cc4)c3C2)C1. The van der Waals surface area contributed by atoms with E-state index < -0.39 is 29.4 Å². The van der Waals surface area contributed by atoms with E-state index in [9.17, 15) is 27.2 Å². The molecule has 2 aromatic rings. The van der Waals surface area contributed by atoms with Gasteiger partial charge in [0.15, 0.2) is 5.69 Å². The smallest absolute Gasteiger partial charge is 0.435 e. The summed E-state index contributed by atoms with van der Waals surface area (Å²) in [6, 6.07) is 5.49. The molecule has 0 aliphatic carbocycles. The Morgan fingerprint density at radius 1 is 1.08 bits per heavy atom. The molecule has 36 heavy (non-hydrogen) atoms. The third-order valence-electron chi connectivity index (χ3n) is 6.41. The van der Waals surface area contributed by atoms with E-state index in [1.165, 1.54) is 28.9 Å². The van der Waals surface area contributed by atoms with E-state index in [1.54, 1.807) is 30.6 Å². The van der Waals surface area contributed by atoms with Gasteiger partial charge in [-0.1, -0.05) is 12.1 Å². The maximum Gasteiger partial charge on any atom is 0.435 e. The fraction of sp³-hybridized carbons (Fsp3) is 0.560. The molecular formula is C25H30F4N4O3. The van der Waals surface area contributed by atoms with E-state index in [0.717, 1.165) is 0 Å². The Bertz CT molecular complexity index is 1120. The highest BCUT2D eigenvalue weighted by molar-refractivity contribution is 5.77. The fourth-order valence-corrected chi connectivity index (χ4v) is 4.68. The second-order valence-corrected chi connectivity index (χ2v) is 10.4. The number of aromatic nitrogens is 2. The van der Waals surface area contributed by atoms with Gasteiger partial charge in [0.05, 0.1) is 18.8 Å². The number of nitrogens with zero attached hydrogens (tertiary/aromatic N) is 4. The summed E-state index contributed by atoms with van der Waals surface area (Å²) < 4.78 is 60.9. The lowest BCUT2D eigenvalue weighted by atomic mass is 10.0. The van der Waals surface area contributed by atoms with Crippen LogP contribution in [0.1, 0.15) is 56.1 Å². The van der Waals surface area contributed by atoms with E-state index in [-0.39, 0.29) is 49.9 Å². The van der Waals surface area contributed by atoms with E-state index in [1.807, 2.05) is 0 Å². The topological polar surface area (TPSA) is 67.7 Å². The molecule has 2 aliphatic rings. The number of halogens is 4. The molecule has 1 aromatic heterocycles. The first kappa shape index (κ1) is 26.0. The van der Waals surface area contributed by atoms with E-state index in [4.69, 9.17) is 4.74 Å². The lowest BCUT2D eigenvalue weighted by Crippen LogP contribution is -2.38. The molecule has 196 valence electrons. The quantitative estimate of drug-likeness (QED) is 0.563. The number of carbonyl (C=O) groups is 2.